The summed E-state index contributed by atoms with van der Waals surface area (Å²) in [6.45, 7) is 3.64. The molecule has 0 fully saturated rings. The lowest BCUT2D eigenvalue weighted by atomic mass is 10.1. The Bertz CT molecular complexity index is 1150. The Morgan fingerprint density at radius 1 is 1.19 bits per heavy atom. The number of aromatic hydroxyl groups is 1. The van der Waals surface area contributed by atoms with Crippen LogP contribution in [0.4, 0.5) is 16.6 Å². The molecule has 27 heavy (non-hydrogen) atoms. The summed E-state index contributed by atoms with van der Waals surface area (Å²) >= 11 is 1.23. The van der Waals surface area contributed by atoms with Gasteiger partial charge in [0, 0.05) is 10.9 Å². The summed E-state index contributed by atoms with van der Waals surface area (Å²) in [6, 6.07) is 11.1. The lowest BCUT2D eigenvalue weighted by Gasteiger charge is -2.11. The van der Waals surface area contributed by atoms with Crippen LogP contribution in [0.15, 0.2) is 42.6 Å². The van der Waals surface area contributed by atoms with Crippen LogP contribution in [0.5, 0.6) is 5.75 Å². The van der Waals surface area contributed by atoms with Gasteiger partial charge in [-0.3, -0.25) is 9.89 Å². The van der Waals surface area contributed by atoms with Gasteiger partial charge in [-0.25, -0.2) is 4.98 Å². The maximum Gasteiger partial charge on any atom is 0.267 e. The standard InChI is InChI=1S/C19H17N5O2S/c1-10-7-8-14(25)11(2)16(10)21-18(26)15-9-20-19(27-15)22-17-12-5-3-4-6-13(12)23-24-17/h3-9,25H,1-2H3,(H,21,26)(H2,20,22,23,24). The first-order valence-electron chi connectivity index (χ1n) is 8.29. The van der Waals surface area contributed by atoms with E-state index in [9.17, 15) is 9.90 Å². The van der Waals surface area contributed by atoms with E-state index in [1.165, 1.54) is 17.5 Å². The fourth-order valence-corrected chi connectivity index (χ4v) is 3.51. The van der Waals surface area contributed by atoms with Crippen LogP contribution >= 0.6 is 11.3 Å². The number of fused-ring (bicyclic) bond motifs is 1. The van der Waals surface area contributed by atoms with Gasteiger partial charge in [0.2, 0.25) is 0 Å². The molecule has 0 aliphatic carbocycles. The molecule has 0 saturated heterocycles. The summed E-state index contributed by atoms with van der Waals surface area (Å²) in [5.41, 5.74) is 3.05. The minimum atomic E-state index is -0.274. The number of amides is 1. The number of para-hydroxylation sites is 1. The molecule has 0 saturated carbocycles. The Balaban J connectivity index is 1.54. The lowest BCUT2D eigenvalue weighted by molar-refractivity contribution is 0.103. The number of aromatic nitrogens is 3. The molecule has 4 N–H and O–H groups in total. The Morgan fingerprint density at radius 3 is 2.85 bits per heavy atom. The summed E-state index contributed by atoms with van der Waals surface area (Å²) in [5, 5.41) is 24.6. The van der Waals surface area contributed by atoms with Crippen LogP contribution < -0.4 is 10.6 Å². The SMILES string of the molecule is Cc1ccc(O)c(C)c1NC(=O)c1cnc(Nc2n[nH]c3ccccc23)s1. The lowest BCUT2D eigenvalue weighted by Crippen LogP contribution is -2.12. The highest BCUT2D eigenvalue weighted by atomic mass is 32.1. The number of aromatic amines is 1. The van der Waals surface area contributed by atoms with E-state index < -0.39 is 0 Å². The number of benzene rings is 2. The van der Waals surface area contributed by atoms with Gasteiger partial charge < -0.3 is 15.7 Å². The van der Waals surface area contributed by atoms with Gasteiger partial charge in [0.15, 0.2) is 10.9 Å². The van der Waals surface area contributed by atoms with Crippen LogP contribution in [0.2, 0.25) is 0 Å². The van der Waals surface area contributed by atoms with Crippen molar-refractivity contribution >= 4 is 44.8 Å². The van der Waals surface area contributed by atoms with Crippen molar-refractivity contribution in [2.75, 3.05) is 10.6 Å². The monoisotopic (exact) mass is 379 g/mol. The molecule has 8 heteroatoms. The number of anilines is 3. The summed E-state index contributed by atoms with van der Waals surface area (Å²) in [4.78, 5) is 17.3. The van der Waals surface area contributed by atoms with Crippen LogP contribution in [-0.2, 0) is 0 Å². The second-order valence-electron chi connectivity index (χ2n) is 6.13. The van der Waals surface area contributed by atoms with E-state index in [1.807, 2.05) is 31.2 Å². The normalized spacial score (nSPS) is 10.9. The zero-order valence-corrected chi connectivity index (χ0v) is 15.5. The zero-order chi connectivity index (χ0) is 19.0. The highest BCUT2D eigenvalue weighted by Crippen LogP contribution is 2.30. The number of carbonyl (C=O) groups is 1. The molecule has 1 amide bonds. The first-order valence-corrected chi connectivity index (χ1v) is 9.11. The second kappa shape index (κ2) is 6.73. The third kappa shape index (κ3) is 3.22. The highest BCUT2D eigenvalue weighted by molar-refractivity contribution is 7.17. The number of nitrogens with zero attached hydrogens (tertiary/aromatic N) is 2. The molecular formula is C19H17N5O2S. The van der Waals surface area contributed by atoms with E-state index in [0.717, 1.165) is 16.5 Å². The largest absolute Gasteiger partial charge is 0.508 e. The topological polar surface area (TPSA) is 103 Å². The average Bonchev–Trinajstić information content (AvgIpc) is 3.30. The predicted octanol–water partition coefficient (Wildman–Crippen LogP) is 4.34. The number of aryl methyl sites for hydroxylation is 1. The summed E-state index contributed by atoms with van der Waals surface area (Å²) < 4.78 is 0. The molecule has 0 atom stereocenters. The van der Waals surface area contributed by atoms with Gasteiger partial charge in [-0.15, -0.1) is 0 Å². The number of hydrogen-bond acceptors (Lipinski definition) is 6. The van der Waals surface area contributed by atoms with E-state index in [0.29, 0.717) is 27.1 Å². The smallest absolute Gasteiger partial charge is 0.267 e. The van der Waals surface area contributed by atoms with Gasteiger partial charge in [0.05, 0.1) is 17.4 Å². The maximum atomic E-state index is 12.6. The molecule has 2 aromatic heterocycles. The fourth-order valence-electron chi connectivity index (χ4n) is 2.80. The van der Waals surface area contributed by atoms with Gasteiger partial charge in [-0.05, 0) is 37.6 Å². The Kier molecular flexibility index (Phi) is 4.25. The molecule has 0 unspecified atom stereocenters. The van der Waals surface area contributed by atoms with Crippen LogP contribution in [0.3, 0.4) is 0 Å². The molecule has 7 nitrogen and oxygen atoms in total. The number of phenolic OH excluding ortho intramolecular Hbond substituents is 1. The van der Waals surface area contributed by atoms with E-state index >= 15 is 0 Å². The quantitative estimate of drug-likeness (QED) is 0.422. The van der Waals surface area contributed by atoms with Crippen LogP contribution in [0.25, 0.3) is 10.9 Å². The van der Waals surface area contributed by atoms with E-state index in [2.05, 4.69) is 25.8 Å². The molecule has 0 aliphatic heterocycles. The molecule has 2 heterocycles. The van der Waals surface area contributed by atoms with Crippen molar-refractivity contribution in [2.45, 2.75) is 13.8 Å². The summed E-state index contributed by atoms with van der Waals surface area (Å²) in [6.07, 6.45) is 1.52. The molecule has 136 valence electrons. The van der Waals surface area contributed by atoms with Crippen molar-refractivity contribution in [2.24, 2.45) is 0 Å². The number of carbonyl (C=O) groups excluding carboxylic acids is 1. The third-order valence-corrected chi connectivity index (χ3v) is 5.22. The molecule has 0 radical (unpaired) electrons. The molecule has 4 rings (SSSR count). The van der Waals surface area contributed by atoms with E-state index in [-0.39, 0.29) is 11.7 Å². The van der Waals surface area contributed by atoms with Crippen molar-refractivity contribution in [1.82, 2.24) is 15.2 Å². The zero-order valence-electron chi connectivity index (χ0n) is 14.7. The van der Waals surface area contributed by atoms with E-state index in [1.54, 1.807) is 19.1 Å². The van der Waals surface area contributed by atoms with Gasteiger partial charge in [0.1, 0.15) is 10.6 Å². The Morgan fingerprint density at radius 2 is 2.00 bits per heavy atom. The Labute approximate surface area is 159 Å². The maximum absolute atomic E-state index is 12.6. The van der Waals surface area contributed by atoms with Crippen LogP contribution in [-0.4, -0.2) is 26.2 Å². The predicted molar refractivity (Wildman–Crippen MR) is 107 cm³/mol. The summed E-state index contributed by atoms with van der Waals surface area (Å²) in [7, 11) is 0. The van der Waals surface area contributed by atoms with Crippen molar-refractivity contribution in [3.8, 4) is 5.75 Å². The van der Waals surface area contributed by atoms with Crippen molar-refractivity contribution in [1.29, 1.82) is 0 Å². The molecular weight excluding hydrogens is 362 g/mol. The molecule has 0 bridgehead atoms. The fraction of sp³-hybridized carbons (Fsp3) is 0.105. The average molecular weight is 379 g/mol. The van der Waals surface area contributed by atoms with Crippen LogP contribution in [0.1, 0.15) is 20.8 Å². The highest BCUT2D eigenvalue weighted by Gasteiger charge is 2.15. The molecule has 0 spiro atoms. The summed E-state index contributed by atoms with van der Waals surface area (Å²) in [5.74, 6) is 0.531. The second-order valence-corrected chi connectivity index (χ2v) is 7.16. The van der Waals surface area contributed by atoms with Gasteiger partial charge in [0.25, 0.3) is 5.91 Å². The first-order chi connectivity index (χ1) is 13.0. The first kappa shape index (κ1) is 17.0. The van der Waals surface area contributed by atoms with Gasteiger partial charge >= 0.3 is 0 Å². The minimum Gasteiger partial charge on any atom is -0.508 e. The molecule has 4 aromatic rings. The number of rotatable bonds is 4. The molecule has 0 aliphatic rings. The minimum absolute atomic E-state index is 0.146. The van der Waals surface area contributed by atoms with Gasteiger partial charge in [-0.2, -0.15) is 5.10 Å². The Hall–Kier alpha value is -3.39. The number of hydrogen-bond donors (Lipinski definition) is 4. The number of phenols is 1. The van der Waals surface area contributed by atoms with Crippen molar-refractivity contribution in [3.05, 3.63) is 58.6 Å². The van der Waals surface area contributed by atoms with E-state index in [4.69, 9.17) is 0 Å². The van der Waals surface area contributed by atoms with Gasteiger partial charge in [-0.1, -0.05) is 29.5 Å². The van der Waals surface area contributed by atoms with Crippen LogP contribution in [0, 0.1) is 13.8 Å². The number of thiazole rings is 1. The number of nitrogens with one attached hydrogen (secondary N) is 3. The van der Waals surface area contributed by atoms with Crippen molar-refractivity contribution in [3.63, 3.8) is 0 Å². The molecule has 2 aromatic carbocycles. The van der Waals surface area contributed by atoms with Crippen molar-refractivity contribution < 1.29 is 9.90 Å². The third-order valence-electron chi connectivity index (χ3n) is 4.31. The number of H-pyrrole nitrogens is 1.